The summed E-state index contributed by atoms with van der Waals surface area (Å²) in [6.07, 6.45) is 0.410. The van der Waals surface area contributed by atoms with Crippen LogP contribution in [-0.2, 0) is 25.7 Å². The summed E-state index contributed by atoms with van der Waals surface area (Å²) >= 11 is 0. The Labute approximate surface area is 134 Å². The quantitative estimate of drug-likeness (QED) is 0.812. The molecule has 0 bridgehead atoms. The number of rotatable bonds is 5. The van der Waals surface area contributed by atoms with E-state index in [1.807, 2.05) is 31.2 Å². The molecule has 2 rings (SSSR count). The van der Waals surface area contributed by atoms with Crippen LogP contribution in [0.3, 0.4) is 0 Å². The van der Waals surface area contributed by atoms with E-state index in [1.165, 1.54) is 4.90 Å². The fourth-order valence-electron chi connectivity index (χ4n) is 2.00. The lowest BCUT2D eigenvalue weighted by Crippen LogP contribution is -2.34. The molecule has 1 aliphatic rings. The first kappa shape index (κ1) is 16.7. The van der Waals surface area contributed by atoms with Crippen LogP contribution in [0, 0.1) is 6.92 Å². The van der Waals surface area contributed by atoms with Gasteiger partial charge in [0.05, 0.1) is 0 Å². The van der Waals surface area contributed by atoms with Gasteiger partial charge in [0.1, 0.15) is 5.71 Å². The second-order valence-electron chi connectivity index (χ2n) is 5.41. The molecule has 1 heterocycles. The molecule has 122 valence electrons. The summed E-state index contributed by atoms with van der Waals surface area (Å²) in [4.78, 5) is 36.2. The van der Waals surface area contributed by atoms with Gasteiger partial charge in [-0.3, -0.25) is 9.59 Å². The number of carbonyl (C=O) groups is 3. The van der Waals surface area contributed by atoms with E-state index in [4.69, 9.17) is 4.74 Å². The van der Waals surface area contributed by atoms with Crippen LogP contribution >= 0.6 is 0 Å². The number of hydrogen-bond acceptors (Lipinski definition) is 5. The Balaban J connectivity index is 1.80. The Morgan fingerprint density at radius 2 is 1.96 bits per heavy atom. The van der Waals surface area contributed by atoms with Crippen molar-refractivity contribution in [1.82, 2.24) is 10.3 Å². The van der Waals surface area contributed by atoms with E-state index in [0.29, 0.717) is 6.54 Å². The van der Waals surface area contributed by atoms with Crippen LogP contribution in [0.1, 0.15) is 24.0 Å². The highest BCUT2D eigenvalue weighted by molar-refractivity contribution is 6.37. The Kier molecular flexibility index (Phi) is 5.46. The zero-order valence-electron chi connectivity index (χ0n) is 13.2. The highest BCUT2D eigenvalue weighted by Gasteiger charge is 2.21. The largest absolute Gasteiger partial charge is 0.451 e. The van der Waals surface area contributed by atoms with E-state index in [-0.39, 0.29) is 37.0 Å². The molecule has 0 fully saturated rings. The highest BCUT2D eigenvalue weighted by atomic mass is 16.5. The van der Waals surface area contributed by atoms with Crippen LogP contribution in [-0.4, -0.2) is 42.0 Å². The molecule has 0 radical (unpaired) electrons. The molecule has 0 spiro atoms. The summed E-state index contributed by atoms with van der Waals surface area (Å²) in [5.74, 6) is -1.23. The number of ether oxygens (including phenoxy) is 1. The maximum Gasteiger partial charge on any atom is 0.355 e. The van der Waals surface area contributed by atoms with Gasteiger partial charge < -0.3 is 9.64 Å². The van der Waals surface area contributed by atoms with Gasteiger partial charge in [-0.2, -0.15) is 5.10 Å². The fraction of sp³-hybridized carbons (Fsp3) is 0.375. The summed E-state index contributed by atoms with van der Waals surface area (Å²) in [6.45, 7) is 2.08. The topological polar surface area (TPSA) is 88.1 Å². The van der Waals surface area contributed by atoms with E-state index in [2.05, 4.69) is 10.5 Å². The van der Waals surface area contributed by atoms with Gasteiger partial charge in [0, 0.05) is 26.4 Å². The van der Waals surface area contributed by atoms with E-state index in [1.54, 1.807) is 7.05 Å². The Morgan fingerprint density at radius 1 is 1.26 bits per heavy atom. The third-order valence-electron chi connectivity index (χ3n) is 3.43. The number of nitrogens with zero attached hydrogens (tertiary/aromatic N) is 2. The van der Waals surface area contributed by atoms with E-state index >= 15 is 0 Å². The molecule has 2 amide bonds. The van der Waals surface area contributed by atoms with Crippen LogP contribution < -0.4 is 5.43 Å². The van der Waals surface area contributed by atoms with Gasteiger partial charge in [-0.15, -0.1) is 0 Å². The van der Waals surface area contributed by atoms with Gasteiger partial charge in [0.2, 0.25) is 5.91 Å². The van der Waals surface area contributed by atoms with Crippen molar-refractivity contribution in [3.63, 3.8) is 0 Å². The van der Waals surface area contributed by atoms with Crippen LogP contribution in [0.25, 0.3) is 0 Å². The number of aryl methyl sites for hydroxylation is 1. The molecule has 0 aliphatic carbocycles. The van der Waals surface area contributed by atoms with Crippen molar-refractivity contribution in [2.45, 2.75) is 26.3 Å². The van der Waals surface area contributed by atoms with E-state index in [0.717, 1.165) is 11.1 Å². The van der Waals surface area contributed by atoms with Crippen molar-refractivity contribution >= 4 is 23.5 Å². The lowest BCUT2D eigenvalue weighted by molar-refractivity contribution is -0.146. The number of hydrazone groups is 1. The molecule has 23 heavy (non-hydrogen) atoms. The third-order valence-corrected chi connectivity index (χ3v) is 3.43. The number of amides is 2. The van der Waals surface area contributed by atoms with Gasteiger partial charge in [0.15, 0.2) is 6.61 Å². The monoisotopic (exact) mass is 317 g/mol. The first-order chi connectivity index (χ1) is 11.0. The molecule has 1 aromatic rings. The zero-order valence-corrected chi connectivity index (χ0v) is 13.2. The summed E-state index contributed by atoms with van der Waals surface area (Å²) in [5.41, 5.74) is 4.48. The lowest BCUT2D eigenvalue weighted by atomic mass is 10.1. The number of hydrogen-bond donors (Lipinski definition) is 1. The normalized spacial score (nSPS) is 13.8. The molecular formula is C16H19N3O4. The Morgan fingerprint density at radius 3 is 2.57 bits per heavy atom. The minimum Gasteiger partial charge on any atom is -0.451 e. The molecule has 1 N–H and O–H groups in total. The van der Waals surface area contributed by atoms with E-state index < -0.39 is 5.97 Å². The predicted molar refractivity (Wildman–Crippen MR) is 83.4 cm³/mol. The molecule has 7 nitrogen and oxygen atoms in total. The van der Waals surface area contributed by atoms with Crippen LogP contribution in [0.4, 0.5) is 0 Å². The summed E-state index contributed by atoms with van der Waals surface area (Å²) < 4.78 is 4.94. The van der Waals surface area contributed by atoms with Gasteiger partial charge in [-0.1, -0.05) is 29.8 Å². The minimum absolute atomic E-state index is 0.124. The lowest BCUT2D eigenvalue weighted by Gasteiger charge is -2.18. The molecule has 0 aromatic heterocycles. The average Bonchev–Trinajstić information content (AvgIpc) is 2.55. The number of nitrogens with one attached hydrogen (secondary N) is 1. The number of carbonyl (C=O) groups excluding carboxylic acids is 3. The predicted octanol–water partition coefficient (Wildman–Crippen LogP) is 0.763. The van der Waals surface area contributed by atoms with Crippen LogP contribution in [0.2, 0.25) is 0 Å². The summed E-state index contributed by atoms with van der Waals surface area (Å²) in [5, 5.41) is 3.63. The summed E-state index contributed by atoms with van der Waals surface area (Å²) in [7, 11) is 1.65. The van der Waals surface area contributed by atoms with Crippen molar-refractivity contribution in [3.8, 4) is 0 Å². The van der Waals surface area contributed by atoms with Crippen molar-refractivity contribution in [2.24, 2.45) is 5.10 Å². The van der Waals surface area contributed by atoms with Crippen molar-refractivity contribution in [3.05, 3.63) is 35.4 Å². The standard InChI is InChI=1S/C16H19N3O4/c1-11-3-5-12(6-4-11)9-19(2)15(21)10-23-16(22)13-7-8-14(20)18-17-13/h3-6H,7-10H2,1-2H3,(H,18,20). The second-order valence-corrected chi connectivity index (χ2v) is 5.41. The number of esters is 1. The number of benzene rings is 1. The van der Waals surface area contributed by atoms with Crippen molar-refractivity contribution in [1.29, 1.82) is 0 Å². The average molecular weight is 317 g/mol. The molecular weight excluding hydrogens is 298 g/mol. The molecule has 0 saturated carbocycles. The van der Waals surface area contributed by atoms with Gasteiger partial charge in [-0.05, 0) is 12.5 Å². The third kappa shape index (κ3) is 4.91. The van der Waals surface area contributed by atoms with Crippen molar-refractivity contribution in [2.75, 3.05) is 13.7 Å². The number of likely N-dealkylation sites (N-methyl/N-ethyl adjacent to an activating group) is 1. The van der Waals surface area contributed by atoms with Crippen LogP contribution in [0.5, 0.6) is 0 Å². The molecule has 0 unspecified atom stereocenters. The second kappa shape index (κ2) is 7.53. The minimum atomic E-state index is -0.679. The first-order valence-corrected chi connectivity index (χ1v) is 7.28. The van der Waals surface area contributed by atoms with Gasteiger partial charge >= 0.3 is 5.97 Å². The summed E-state index contributed by atoms with van der Waals surface area (Å²) in [6, 6.07) is 7.85. The van der Waals surface area contributed by atoms with Crippen molar-refractivity contribution < 1.29 is 19.1 Å². The smallest absolute Gasteiger partial charge is 0.355 e. The molecule has 1 aliphatic heterocycles. The zero-order chi connectivity index (χ0) is 16.8. The molecule has 1 aromatic carbocycles. The van der Waals surface area contributed by atoms with Crippen LogP contribution in [0.15, 0.2) is 29.4 Å². The fourth-order valence-corrected chi connectivity index (χ4v) is 2.00. The molecule has 7 heteroatoms. The van der Waals surface area contributed by atoms with Gasteiger partial charge in [0.25, 0.3) is 5.91 Å². The molecule has 0 saturated heterocycles. The SMILES string of the molecule is Cc1ccc(CN(C)C(=O)COC(=O)C2=NNC(=O)CC2)cc1. The first-order valence-electron chi connectivity index (χ1n) is 7.28. The van der Waals surface area contributed by atoms with E-state index in [9.17, 15) is 14.4 Å². The Hall–Kier alpha value is -2.70. The maximum absolute atomic E-state index is 12.0. The Bertz CT molecular complexity index is 637. The van der Waals surface area contributed by atoms with Gasteiger partial charge in [-0.25, -0.2) is 10.2 Å². The highest BCUT2D eigenvalue weighted by Crippen LogP contribution is 2.06. The molecule has 0 atom stereocenters. The maximum atomic E-state index is 12.0.